The Morgan fingerprint density at radius 2 is 1.53 bits per heavy atom. The highest BCUT2D eigenvalue weighted by molar-refractivity contribution is 5.92. The van der Waals surface area contributed by atoms with Gasteiger partial charge in [0.25, 0.3) is 0 Å². The molecule has 9 N–H and O–H groups in total. The van der Waals surface area contributed by atoms with Crippen molar-refractivity contribution in [2.45, 2.75) is 116 Å². The van der Waals surface area contributed by atoms with Crippen LogP contribution in [0.4, 0.5) is 0 Å². The van der Waals surface area contributed by atoms with Crippen LogP contribution in [0.3, 0.4) is 0 Å². The van der Waals surface area contributed by atoms with E-state index in [-0.39, 0.29) is 34.0 Å². The first-order valence-electron chi connectivity index (χ1n) is 15.9. The molecule has 0 bridgehead atoms. The van der Waals surface area contributed by atoms with Crippen molar-refractivity contribution in [2.24, 2.45) is 22.2 Å². The number of hydrogen-bond donors (Lipinski definition) is 6. The third-order valence-corrected chi connectivity index (χ3v) is 8.09. The van der Waals surface area contributed by atoms with Gasteiger partial charge in [0.2, 0.25) is 11.8 Å². The van der Waals surface area contributed by atoms with Gasteiger partial charge < -0.3 is 32.8 Å². The van der Waals surface area contributed by atoms with E-state index < -0.39 is 12.1 Å². The predicted octanol–water partition coefficient (Wildman–Crippen LogP) is 4.79. The zero-order chi connectivity index (χ0) is 33.7. The lowest BCUT2D eigenvalue weighted by Crippen LogP contribution is -2.52. The number of aromatic nitrogens is 1. The van der Waals surface area contributed by atoms with Crippen LogP contribution in [-0.4, -0.2) is 41.4 Å². The standard InChI is InChI=1S/C36H55N7O2/c1-34(2,3)23-18-24-25(30(36(7,8)9)43-29(24)26(19-23)35(4,5)6)20-27(37)31(44)42-28(16-13-17-40-33(38)39)32(45)41-21-22-14-11-10-12-15-22/h10-12,14-15,18-19,27-28,43H,13,16-17,20-21,37H2,1-9H3,(H,41,45)(H,42,44)(H4,38,39,40)/t27-,28-/m0/s1. The monoisotopic (exact) mass is 617 g/mol. The van der Waals surface area contributed by atoms with Gasteiger partial charge in [-0.05, 0) is 58.4 Å². The molecular weight excluding hydrogens is 562 g/mol. The smallest absolute Gasteiger partial charge is 0.242 e. The quantitative estimate of drug-likeness (QED) is 0.103. The van der Waals surface area contributed by atoms with Crippen LogP contribution >= 0.6 is 0 Å². The van der Waals surface area contributed by atoms with E-state index in [9.17, 15) is 9.59 Å². The molecule has 0 fully saturated rings. The van der Waals surface area contributed by atoms with E-state index in [4.69, 9.17) is 17.2 Å². The van der Waals surface area contributed by atoms with Crippen molar-refractivity contribution in [3.8, 4) is 0 Å². The Balaban J connectivity index is 1.94. The molecule has 45 heavy (non-hydrogen) atoms. The van der Waals surface area contributed by atoms with Crippen molar-refractivity contribution in [1.82, 2.24) is 15.6 Å². The summed E-state index contributed by atoms with van der Waals surface area (Å²) in [6, 6.07) is 12.5. The molecule has 0 aliphatic heterocycles. The predicted molar refractivity (Wildman–Crippen MR) is 186 cm³/mol. The van der Waals surface area contributed by atoms with E-state index in [0.717, 1.165) is 27.7 Å². The summed E-state index contributed by atoms with van der Waals surface area (Å²) >= 11 is 0. The molecule has 1 aromatic heterocycles. The highest BCUT2D eigenvalue weighted by Crippen LogP contribution is 2.40. The minimum absolute atomic E-state index is 0.0104. The van der Waals surface area contributed by atoms with Crippen LogP contribution in [0.2, 0.25) is 0 Å². The summed E-state index contributed by atoms with van der Waals surface area (Å²) in [6.07, 6.45) is 1.20. The van der Waals surface area contributed by atoms with Gasteiger partial charge in [0, 0.05) is 35.1 Å². The fraction of sp³-hybridized carbons (Fsp3) is 0.528. The first-order valence-corrected chi connectivity index (χ1v) is 15.9. The summed E-state index contributed by atoms with van der Waals surface area (Å²) in [5, 5.41) is 6.97. The Labute approximate surface area is 269 Å². The summed E-state index contributed by atoms with van der Waals surface area (Å²) in [5.74, 6) is -0.672. The molecule has 0 spiro atoms. The van der Waals surface area contributed by atoms with Crippen molar-refractivity contribution in [3.05, 3.63) is 70.4 Å². The van der Waals surface area contributed by atoms with Crippen molar-refractivity contribution >= 4 is 28.7 Å². The van der Waals surface area contributed by atoms with E-state index in [0.29, 0.717) is 32.4 Å². The molecule has 2 aromatic carbocycles. The Hall–Kier alpha value is -3.85. The van der Waals surface area contributed by atoms with Crippen LogP contribution in [0.1, 0.15) is 103 Å². The van der Waals surface area contributed by atoms with Gasteiger partial charge in [-0.1, -0.05) is 98.7 Å². The number of carbonyl (C=O) groups excluding carboxylic acids is 2. The van der Waals surface area contributed by atoms with Crippen molar-refractivity contribution < 1.29 is 9.59 Å². The second-order valence-electron chi connectivity index (χ2n) is 15.2. The summed E-state index contributed by atoms with van der Waals surface area (Å²) < 4.78 is 0. The van der Waals surface area contributed by atoms with Crippen LogP contribution in [0, 0.1) is 0 Å². The number of aromatic amines is 1. The lowest BCUT2D eigenvalue weighted by molar-refractivity contribution is -0.129. The average molecular weight is 618 g/mol. The van der Waals surface area contributed by atoms with Crippen LogP contribution < -0.4 is 27.8 Å². The lowest BCUT2D eigenvalue weighted by atomic mass is 9.78. The highest BCUT2D eigenvalue weighted by atomic mass is 16.2. The van der Waals surface area contributed by atoms with Gasteiger partial charge in [0.1, 0.15) is 6.04 Å². The maximum atomic E-state index is 13.7. The number of rotatable bonds is 11. The van der Waals surface area contributed by atoms with Crippen LogP contribution in [0.5, 0.6) is 0 Å². The van der Waals surface area contributed by atoms with E-state index in [1.54, 1.807) is 0 Å². The number of carbonyl (C=O) groups is 2. The number of nitrogens with two attached hydrogens (primary N) is 3. The van der Waals surface area contributed by atoms with E-state index in [1.165, 1.54) is 11.1 Å². The largest absolute Gasteiger partial charge is 0.370 e. The molecule has 0 unspecified atom stereocenters. The second kappa shape index (κ2) is 14.1. The molecule has 1 heterocycles. The minimum Gasteiger partial charge on any atom is -0.370 e. The maximum absolute atomic E-state index is 13.7. The van der Waals surface area contributed by atoms with E-state index >= 15 is 0 Å². The Kier molecular flexibility index (Phi) is 11.1. The topological polar surface area (TPSA) is 164 Å². The molecule has 0 aliphatic rings. The first-order chi connectivity index (χ1) is 20.8. The number of hydrogen-bond acceptors (Lipinski definition) is 4. The van der Waals surface area contributed by atoms with Gasteiger partial charge in [-0.25, -0.2) is 0 Å². The molecule has 2 amide bonds. The van der Waals surface area contributed by atoms with Crippen LogP contribution in [0.15, 0.2) is 47.5 Å². The number of nitrogens with one attached hydrogen (secondary N) is 3. The molecule has 2 atom stereocenters. The van der Waals surface area contributed by atoms with Gasteiger partial charge in [0.05, 0.1) is 6.04 Å². The molecular formula is C36H55N7O2. The Morgan fingerprint density at radius 3 is 2.09 bits per heavy atom. The van der Waals surface area contributed by atoms with Crippen molar-refractivity contribution in [1.29, 1.82) is 0 Å². The normalized spacial score (nSPS) is 13.7. The second-order valence-corrected chi connectivity index (χ2v) is 15.2. The maximum Gasteiger partial charge on any atom is 0.242 e. The number of nitrogens with zero attached hydrogens (tertiary/aromatic N) is 1. The van der Waals surface area contributed by atoms with Gasteiger partial charge in [0.15, 0.2) is 5.96 Å². The molecule has 0 aliphatic carbocycles. The lowest BCUT2D eigenvalue weighted by Gasteiger charge is -2.26. The average Bonchev–Trinajstić information content (AvgIpc) is 3.30. The molecule has 0 saturated carbocycles. The summed E-state index contributed by atoms with van der Waals surface area (Å²) in [7, 11) is 0. The number of guanidine groups is 1. The molecule has 3 aromatic rings. The van der Waals surface area contributed by atoms with Gasteiger partial charge >= 0.3 is 0 Å². The van der Waals surface area contributed by atoms with Crippen LogP contribution in [-0.2, 0) is 38.8 Å². The summed E-state index contributed by atoms with van der Waals surface area (Å²) in [6.45, 7) is 20.5. The van der Waals surface area contributed by atoms with Crippen LogP contribution in [0.25, 0.3) is 10.9 Å². The molecule has 246 valence electrons. The number of H-pyrrole nitrogens is 1. The zero-order valence-corrected chi connectivity index (χ0v) is 28.7. The van der Waals surface area contributed by atoms with E-state index in [1.807, 2.05) is 30.3 Å². The third kappa shape index (κ3) is 9.57. The molecule has 0 radical (unpaired) electrons. The number of aliphatic imine (C=N–C) groups is 1. The Bertz CT molecular complexity index is 1500. The summed E-state index contributed by atoms with van der Waals surface area (Å²) in [5.41, 5.74) is 23.8. The van der Waals surface area contributed by atoms with Gasteiger partial charge in [-0.3, -0.25) is 14.6 Å². The fourth-order valence-electron chi connectivity index (χ4n) is 5.50. The SMILES string of the molecule is CC(C)(C)c1cc(C(C)(C)C)c2[nH]c(C(C)(C)C)c(C[C@H](N)C(=O)N[C@@H](CCCN=C(N)N)C(=O)NCc3ccccc3)c2c1. The molecule has 9 nitrogen and oxygen atoms in total. The van der Waals surface area contributed by atoms with E-state index in [2.05, 4.69) is 95.1 Å². The molecule has 0 saturated heterocycles. The number of benzene rings is 2. The number of fused-ring (bicyclic) bond motifs is 1. The number of amides is 2. The minimum atomic E-state index is -0.872. The van der Waals surface area contributed by atoms with Gasteiger partial charge in [-0.15, -0.1) is 0 Å². The molecule has 9 heteroatoms. The zero-order valence-electron chi connectivity index (χ0n) is 28.7. The fourth-order valence-corrected chi connectivity index (χ4v) is 5.50. The third-order valence-electron chi connectivity index (χ3n) is 8.09. The highest BCUT2D eigenvalue weighted by Gasteiger charge is 2.31. The first kappa shape index (κ1) is 35.6. The molecule has 3 rings (SSSR count). The van der Waals surface area contributed by atoms with Gasteiger partial charge in [-0.2, -0.15) is 0 Å². The Morgan fingerprint density at radius 1 is 0.889 bits per heavy atom. The summed E-state index contributed by atoms with van der Waals surface area (Å²) in [4.78, 5) is 34.7. The van der Waals surface area contributed by atoms with Crippen molar-refractivity contribution in [3.63, 3.8) is 0 Å². The van der Waals surface area contributed by atoms with Crippen molar-refractivity contribution in [2.75, 3.05) is 6.54 Å².